The zero-order valence-corrected chi connectivity index (χ0v) is 18.7. The van der Waals surface area contributed by atoms with Gasteiger partial charge < -0.3 is 14.8 Å². The summed E-state index contributed by atoms with van der Waals surface area (Å²) >= 11 is 0. The molecule has 0 spiro atoms. The molecular weight excluding hydrogens is 424 g/mol. The van der Waals surface area contributed by atoms with Gasteiger partial charge in [-0.05, 0) is 43.7 Å². The molecule has 2 saturated heterocycles. The molecule has 9 heteroatoms. The topological polar surface area (TPSA) is 101 Å². The predicted octanol–water partition coefficient (Wildman–Crippen LogP) is 2.20. The van der Waals surface area contributed by atoms with Crippen LogP contribution in [-0.2, 0) is 25.6 Å². The van der Waals surface area contributed by atoms with E-state index in [-0.39, 0.29) is 24.3 Å². The van der Waals surface area contributed by atoms with Crippen molar-refractivity contribution in [2.75, 3.05) is 38.2 Å². The number of nitrogens with one attached hydrogen (secondary N) is 1. The van der Waals surface area contributed by atoms with Crippen LogP contribution >= 0.6 is 0 Å². The van der Waals surface area contributed by atoms with Crippen molar-refractivity contribution in [2.45, 2.75) is 26.0 Å². The lowest BCUT2D eigenvalue weighted by Crippen LogP contribution is -2.39. The monoisotopic (exact) mass is 450 g/mol. The van der Waals surface area contributed by atoms with Crippen LogP contribution in [0, 0.1) is 5.92 Å². The second-order valence-electron chi connectivity index (χ2n) is 9.11. The van der Waals surface area contributed by atoms with Crippen LogP contribution in [0.4, 0.5) is 10.5 Å². The fourth-order valence-electron chi connectivity index (χ4n) is 4.42. The number of rotatable bonds is 5. The van der Waals surface area contributed by atoms with Gasteiger partial charge in [0, 0.05) is 43.0 Å². The van der Waals surface area contributed by atoms with Gasteiger partial charge in [0.15, 0.2) is 5.60 Å². The number of hydrogen-bond acceptors (Lipinski definition) is 7. The molecule has 0 saturated carbocycles. The van der Waals surface area contributed by atoms with Gasteiger partial charge in [-0.15, -0.1) is 0 Å². The fraction of sp³-hybridized carbons (Fsp3) is 0.417. The van der Waals surface area contributed by atoms with Gasteiger partial charge in [0.25, 0.3) is 11.8 Å². The second kappa shape index (κ2) is 8.24. The minimum Gasteiger partial charge on any atom is -0.433 e. The van der Waals surface area contributed by atoms with Gasteiger partial charge in [-0.25, -0.2) is 9.69 Å². The third-order valence-corrected chi connectivity index (χ3v) is 6.20. The van der Waals surface area contributed by atoms with Gasteiger partial charge >= 0.3 is 6.09 Å². The number of imide groups is 1. The van der Waals surface area contributed by atoms with Gasteiger partial charge in [0.1, 0.15) is 0 Å². The Balaban J connectivity index is 1.34. The predicted molar refractivity (Wildman–Crippen MR) is 121 cm³/mol. The van der Waals surface area contributed by atoms with E-state index in [0.717, 1.165) is 54.6 Å². The van der Waals surface area contributed by atoms with Crippen molar-refractivity contribution >= 4 is 35.4 Å². The first-order chi connectivity index (χ1) is 15.8. The molecule has 1 atom stereocenters. The molecule has 172 valence electrons. The Bertz CT molecular complexity index is 1110. The summed E-state index contributed by atoms with van der Waals surface area (Å²) < 4.78 is 10.6. The van der Waals surface area contributed by atoms with Crippen molar-refractivity contribution < 1.29 is 23.9 Å². The quantitative estimate of drug-likeness (QED) is 0.691. The molecule has 4 heterocycles. The largest absolute Gasteiger partial charge is 0.433 e. The van der Waals surface area contributed by atoms with Crippen LogP contribution in [0.2, 0.25) is 0 Å². The highest BCUT2D eigenvalue weighted by Gasteiger charge is 2.47. The van der Waals surface area contributed by atoms with Gasteiger partial charge in [0.05, 0.1) is 31.0 Å². The average Bonchev–Trinajstić information content (AvgIpc) is 3.40. The smallest absolute Gasteiger partial charge is 0.418 e. The zero-order valence-electron chi connectivity index (χ0n) is 18.7. The molecule has 1 aromatic carbocycles. The first kappa shape index (κ1) is 21.5. The summed E-state index contributed by atoms with van der Waals surface area (Å²) in [5, 5.41) is 2.87. The number of fused-ring (bicyclic) bond motifs is 1. The normalized spacial score (nSPS) is 25.5. The summed E-state index contributed by atoms with van der Waals surface area (Å²) in [6.07, 6.45) is 5.11. The molecule has 33 heavy (non-hydrogen) atoms. The molecule has 9 nitrogen and oxygen atoms in total. The number of nitrogens with zero attached hydrogens (tertiary/aromatic N) is 3. The highest BCUT2D eigenvalue weighted by atomic mass is 16.6. The van der Waals surface area contributed by atoms with Crippen LogP contribution in [0.1, 0.15) is 25.0 Å². The molecule has 1 aromatic rings. The molecule has 1 N–H and O–H groups in total. The van der Waals surface area contributed by atoms with E-state index in [9.17, 15) is 14.4 Å². The highest BCUT2D eigenvalue weighted by molar-refractivity contribution is 6.32. The Morgan fingerprint density at radius 3 is 2.73 bits per heavy atom. The molecule has 0 aliphatic carbocycles. The van der Waals surface area contributed by atoms with E-state index >= 15 is 0 Å². The number of hydrogen-bond donors (Lipinski definition) is 1. The molecule has 2 fully saturated rings. The highest BCUT2D eigenvalue weighted by Crippen LogP contribution is 2.35. The Hall–Kier alpha value is -3.30. The van der Waals surface area contributed by atoms with Crippen LogP contribution in [0.15, 0.2) is 41.0 Å². The average molecular weight is 450 g/mol. The number of morpholine rings is 1. The summed E-state index contributed by atoms with van der Waals surface area (Å²) in [6, 6.07) is 5.41. The number of carbonyl (C=O) groups is 3. The van der Waals surface area contributed by atoms with Crippen LogP contribution in [0.3, 0.4) is 0 Å². The maximum atomic E-state index is 12.6. The van der Waals surface area contributed by atoms with Crippen molar-refractivity contribution in [1.82, 2.24) is 9.80 Å². The van der Waals surface area contributed by atoms with E-state index in [4.69, 9.17) is 9.47 Å². The first-order valence-electron chi connectivity index (χ1n) is 11.1. The number of allylic oxidation sites excluding steroid dienone is 1. The van der Waals surface area contributed by atoms with Crippen molar-refractivity contribution in [1.29, 1.82) is 0 Å². The van der Waals surface area contributed by atoms with E-state index in [1.54, 1.807) is 32.1 Å². The summed E-state index contributed by atoms with van der Waals surface area (Å²) in [7, 11) is 0. The second-order valence-corrected chi connectivity index (χ2v) is 9.11. The fourth-order valence-corrected chi connectivity index (χ4v) is 4.42. The maximum Gasteiger partial charge on any atom is 0.418 e. The van der Waals surface area contributed by atoms with E-state index in [1.165, 1.54) is 0 Å². The molecule has 3 amide bonds. The summed E-state index contributed by atoms with van der Waals surface area (Å²) in [5.74, 6) is -0.386. The van der Waals surface area contributed by atoms with E-state index in [0.29, 0.717) is 11.3 Å². The zero-order chi connectivity index (χ0) is 23.2. The van der Waals surface area contributed by atoms with Crippen molar-refractivity contribution in [2.24, 2.45) is 10.9 Å². The summed E-state index contributed by atoms with van der Waals surface area (Å²) in [5.41, 5.74) is 2.24. The number of amides is 3. The van der Waals surface area contributed by atoms with Crippen molar-refractivity contribution in [3.8, 4) is 0 Å². The third kappa shape index (κ3) is 4.21. The van der Waals surface area contributed by atoms with E-state index in [2.05, 4.69) is 21.3 Å². The number of ether oxygens (including phenoxy) is 2. The molecule has 4 aliphatic heterocycles. The van der Waals surface area contributed by atoms with Crippen molar-refractivity contribution in [3.05, 3.63) is 47.2 Å². The third-order valence-electron chi connectivity index (χ3n) is 6.20. The van der Waals surface area contributed by atoms with Crippen LogP contribution in [-0.4, -0.2) is 72.4 Å². The SMILES string of the molecule is CC1(C)OC(=O)N(Cc2ccc3c(c2)/C(=C/C2=CC(CN4CCOCC4)C=N2)C(=O)N3)C1=O. The minimum absolute atomic E-state index is 0.0817. The summed E-state index contributed by atoms with van der Waals surface area (Å²) in [6.45, 7) is 7.43. The number of benzene rings is 1. The van der Waals surface area contributed by atoms with Gasteiger partial charge in [-0.3, -0.25) is 19.5 Å². The van der Waals surface area contributed by atoms with Gasteiger partial charge in [-0.2, -0.15) is 0 Å². The number of cyclic esters (lactones) is 1. The van der Waals surface area contributed by atoms with Crippen molar-refractivity contribution in [3.63, 3.8) is 0 Å². The minimum atomic E-state index is -1.17. The van der Waals surface area contributed by atoms with Crippen LogP contribution in [0.25, 0.3) is 5.57 Å². The molecule has 0 radical (unpaired) electrons. The Morgan fingerprint density at radius 1 is 1.21 bits per heavy atom. The number of anilines is 1. The molecular formula is C24H26N4O5. The van der Waals surface area contributed by atoms with E-state index in [1.807, 2.05) is 12.3 Å². The van der Waals surface area contributed by atoms with Gasteiger partial charge in [-0.1, -0.05) is 6.07 Å². The first-order valence-corrected chi connectivity index (χ1v) is 11.1. The Labute approximate surface area is 191 Å². The molecule has 0 bridgehead atoms. The maximum absolute atomic E-state index is 12.6. The molecule has 4 aliphatic rings. The molecule has 0 aromatic heterocycles. The van der Waals surface area contributed by atoms with Crippen LogP contribution in [0.5, 0.6) is 0 Å². The lowest BCUT2D eigenvalue weighted by molar-refractivity contribution is -0.134. The molecule has 1 unspecified atom stereocenters. The lowest BCUT2D eigenvalue weighted by Gasteiger charge is -2.27. The lowest BCUT2D eigenvalue weighted by atomic mass is 10.0. The van der Waals surface area contributed by atoms with Gasteiger partial charge in [0.2, 0.25) is 0 Å². The summed E-state index contributed by atoms with van der Waals surface area (Å²) in [4.78, 5) is 45.2. The Morgan fingerprint density at radius 2 is 2.00 bits per heavy atom. The number of carbonyl (C=O) groups excluding carboxylic acids is 3. The number of aliphatic imine (C=N–C) groups is 1. The van der Waals surface area contributed by atoms with E-state index < -0.39 is 11.7 Å². The Kier molecular flexibility index (Phi) is 5.38. The van der Waals surface area contributed by atoms with Crippen LogP contribution < -0.4 is 5.32 Å². The standard InChI is InChI=1S/C24H26N4O5/c1-24(2)22(30)28(23(31)33-24)14-15-3-4-20-18(10-15)19(21(29)26-20)11-17-9-16(12-25-17)13-27-5-7-32-8-6-27/h3-4,9-12,16H,5-8,13-14H2,1-2H3,(H,26,29)/b19-11-. The molecule has 5 rings (SSSR count).